The van der Waals surface area contributed by atoms with Gasteiger partial charge < -0.3 is 5.32 Å². The Kier molecular flexibility index (Phi) is 4.14. The zero-order chi connectivity index (χ0) is 13.8. The summed E-state index contributed by atoms with van der Waals surface area (Å²) in [6, 6.07) is 10.2. The van der Waals surface area contributed by atoms with Gasteiger partial charge in [0.2, 0.25) is 0 Å². The summed E-state index contributed by atoms with van der Waals surface area (Å²) in [4.78, 5) is 11.9. The average molecular weight is 338 g/mol. The zero-order valence-corrected chi connectivity index (χ0v) is 12.0. The maximum absolute atomic E-state index is 10.7. The van der Waals surface area contributed by atoms with Gasteiger partial charge in [-0.3, -0.25) is 10.1 Å². The van der Waals surface area contributed by atoms with Crippen molar-refractivity contribution in [3.05, 3.63) is 54.7 Å². The minimum atomic E-state index is -0.434. The molecule has 0 bridgehead atoms. The van der Waals surface area contributed by atoms with E-state index in [1.807, 2.05) is 6.07 Å². The number of hydrogen-bond donors (Lipinski definition) is 1. The van der Waals surface area contributed by atoms with E-state index in [0.29, 0.717) is 17.1 Å². The minimum absolute atomic E-state index is 0.0367. The van der Waals surface area contributed by atoms with E-state index in [1.54, 1.807) is 12.1 Å². The van der Waals surface area contributed by atoms with Crippen LogP contribution in [-0.4, -0.2) is 4.92 Å². The maximum atomic E-state index is 10.7. The molecule has 7 heteroatoms. The van der Waals surface area contributed by atoms with Crippen LogP contribution in [0.15, 0.2) is 34.8 Å². The molecular formula is C12H8BrN3O2S. The Hall–Kier alpha value is -1.91. The SMILES string of the molecule is N#Cc1ccc(CNc2cc([N+](=O)[O-])ccc2Br)s1. The third-order valence-electron chi connectivity index (χ3n) is 2.39. The summed E-state index contributed by atoms with van der Waals surface area (Å²) in [6.07, 6.45) is 0. The molecule has 2 rings (SSSR count). The smallest absolute Gasteiger partial charge is 0.271 e. The van der Waals surface area contributed by atoms with Gasteiger partial charge in [-0.25, -0.2) is 0 Å². The number of nitriles is 1. The molecule has 1 N–H and O–H groups in total. The van der Waals surface area contributed by atoms with Crippen molar-refractivity contribution in [1.82, 2.24) is 0 Å². The average Bonchev–Trinajstić information content (AvgIpc) is 2.85. The van der Waals surface area contributed by atoms with Gasteiger partial charge in [0.25, 0.3) is 5.69 Å². The lowest BCUT2D eigenvalue weighted by Gasteiger charge is -2.06. The molecule has 1 aromatic carbocycles. The number of benzene rings is 1. The monoisotopic (exact) mass is 337 g/mol. The highest BCUT2D eigenvalue weighted by molar-refractivity contribution is 9.10. The first-order valence-electron chi connectivity index (χ1n) is 5.27. The van der Waals surface area contributed by atoms with Crippen LogP contribution in [0.3, 0.4) is 0 Å². The third-order valence-corrected chi connectivity index (χ3v) is 4.07. The predicted molar refractivity (Wildman–Crippen MR) is 77.2 cm³/mol. The molecule has 5 nitrogen and oxygen atoms in total. The molecule has 0 fully saturated rings. The number of nitro benzene ring substituents is 1. The third kappa shape index (κ3) is 3.30. The molecule has 0 saturated carbocycles. The predicted octanol–water partition coefficient (Wildman–Crippen LogP) is 3.90. The summed E-state index contributed by atoms with van der Waals surface area (Å²) in [5.74, 6) is 0. The first-order valence-corrected chi connectivity index (χ1v) is 6.87. The lowest BCUT2D eigenvalue weighted by molar-refractivity contribution is -0.384. The van der Waals surface area contributed by atoms with Crippen LogP contribution in [0.1, 0.15) is 9.75 Å². The summed E-state index contributed by atoms with van der Waals surface area (Å²) in [5.41, 5.74) is 0.690. The second kappa shape index (κ2) is 5.82. The van der Waals surface area contributed by atoms with E-state index in [2.05, 4.69) is 27.3 Å². The first-order chi connectivity index (χ1) is 9.10. The number of hydrogen-bond acceptors (Lipinski definition) is 5. The standard InChI is InChI=1S/C12H8BrN3O2S/c13-11-4-1-8(16(17)18)5-12(11)15-7-10-3-2-9(6-14)19-10/h1-5,15H,7H2. The minimum Gasteiger partial charge on any atom is -0.379 e. The summed E-state index contributed by atoms with van der Waals surface area (Å²) < 4.78 is 0.759. The van der Waals surface area contributed by atoms with Crippen LogP contribution >= 0.6 is 27.3 Å². The van der Waals surface area contributed by atoms with Gasteiger partial charge in [0.15, 0.2) is 0 Å². The van der Waals surface area contributed by atoms with E-state index in [-0.39, 0.29) is 5.69 Å². The molecule has 0 unspecified atom stereocenters. The van der Waals surface area contributed by atoms with Gasteiger partial charge in [-0.05, 0) is 34.1 Å². The van der Waals surface area contributed by atoms with Crippen LogP contribution in [0.25, 0.3) is 0 Å². The Morgan fingerprint density at radius 2 is 2.21 bits per heavy atom. The van der Waals surface area contributed by atoms with Crippen molar-refractivity contribution in [3.8, 4) is 6.07 Å². The van der Waals surface area contributed by atoms with Crippen LogP contribution in [0.2, 0.25) is 0 Å². The second-order valence-corrected chi connectivity index (χ2v) is 5.68. The van der Waals surface area contributed by atoms with Gasteiger partial charge in [-0.1, -0.05) is 0 Å². The molecule has 0 amide bonds. The van der Waals surface area contributed by atoms with E-state index < -0.39 is 4.92 Å². The van der Waals surface area contributed by atoms with E-state index in [4.69, 9.17) is 5.26 Å². The van der Waals surface area contributed by atoms with Crippen molar-refractivity contribution in [2.45, 2.75) is 6.54 Å². The number of nitrogens with one attached hydrogen (secondary N) is 1. The highest BCUT2D eigenvalue weighted by Gasteiger charge is 2.09. The lowest BCUT2D eigenvalue weighted by atomic mass is 10.3. The number of rotatable bonds is 4. The van der Waals surface area contributed by atoms with Crippen LogP contribution < -0.4 is 5.32 Å². The molecule has 0 radical (unpaired) electrons. The Balaban J connectivity index is 2.12. The first kappa shape index (κ1) is 13.5. The highest BCUT2D eigenvalue weighted by Crippen LogP contribution is 2.28. The van der Waals surface area contributed by atoms with Gasteiger partial charge >= 0.3 is 0 Å². The van der Waals surface area contributed by atoms with Gasteiger partial charge in [-0.15, -0.1) is 11.3 Å². The van der Waals surface area contributed by atoms with E-state index in [1.165, 1.54) is 23.5 Å². The molecule has 2 aromatic rings. The molecule has 0 atom stereocenters. The number of thiophene rings is 1. The number of halogens is 1. The van der Waals surface area contributed by atoms with Crippen molar-refractivity contribution in [1.29, 1.82) is 5.26 Å². The fourth-order valence-corrected chi connectivity index (χ4v) is 2.61. The van der Waals surface area contributed by atoms with Gasteiger partial charge in [0, 0.05) is 28.0 Å². The van der Waals surface area contributed by atoms with Crippen molar-refractivity contribution >= 4 is 38.6 Å². The second-order valence-electron chi connectivity index (χ2n) is 3.65. The molecule has 0 aliphatic carbocycles. The molecule has 19 heavy (non-hydrogen) atoms. The Morgan fingerprint density at radius 1 is 1.42 bits per heavy atom. The summed E-state index contributed by atoms with van der Waals surface area (Å²) >= 11 is 4.73. The van der Waals surface area contributed by atoms with E-state index in [9.17, 15) is 10.1 Å². The van der Waals surface area contributed by atoms with Crippen molar-refractivity contribution < 1.29 is 4.92 Å². The molecule has 1 heterocycles. The number of anilines is 1. The molecule has 0 aliphatic heterocycles. The van der Waals surface area contributed by atoms with E-state index >= 15 is 0 Å². The van der Waals surface area contributed by atoms with Gasteiger partial charge in [0.05, 0.1) is 10.6 Å². The van der Waals surface area contributed by atoms with Gasteiger partial charge in [-0.2, -0.15) is 5.26 Å². The van der Waals surface area contributed by atoms with Crippen molar-refractivity contribution in [3.63, 3.8) is 0 Å². The molecule has 0 spiro atoms. The zero-order valence-electron chi connectivity index (χ0n) is 9.59. The number of nitro groups is 1. The van der Waals surface area contributed by atoms with Gasteiger partial charge in [0.1, 0.15) is 10.9 Å². The normalized spacial score (nSPS) is 9.89. The van der Waals surface area contributed by atoms with Crippen LogP contribution in [0, 0.1) is 21.4 Å². The maximum Gasteiger partial charge on any atom is 0.271 e. The van der Waals surface area contributed by atoms with Crippen LogP contribution in [-0.2, 0) is 6.54 Å². The Bertz CT molecular complexity index is 663. The van der Waals surface area contributed by atoms with Crippen LogP contribution in [0.4, 0.5) is 11.4 Å². The van der Waals surface area contributed by atoms with Crippen LogP contribution in [0.5, 0.6) is 0 Å². The summed E-state index contributed by atoms with van der Waals surface area (Å²) in [6.45, 7) is 0.520. The lowest BCUT2D eigenvalue weighted by Crippen LogP contribution is -1.99. The fourth-order valence-electron chi connectivity index (χ4n) is 1.48. The van der Waals surface area contributed by atoms with Crippen molar-refractivity contribution in [2.75, 3.05) is 5.32 Å². The summed E-state index contributed by atoms with van der Waals surface area (Å²) in [7, 11) is 0. The summed E-state index contributed by atoms with van der Waals surface area (Å²) in [5, 5.41) is 22.6. The highest BCUT2D eigenvalue weighted by atomic mass is 79.9. The number of nitrogens with zero attached hydrogens (tertiary/aromatic N) is 2. The Morgan fingerprint density at radius 3 is 2.84 bits per heavy atom. The Labute approximate surface area is 121 Å². The van der Waals surface area contributed by atoms with E-state index in [0.717, 1.165) is 9.35 Å². The molecule has 96 valence electrons. The molecule has 0 saturated heterocycles. The topological polar surface area (TPSA) is 79.0 Å². The van der Waals surface area contributed by atoms with Crippen molar-refractivity contribution in [2.24, 2.45) is 0 Å². The number of non-ortho nitro benzene ring substituents is 1. The molecule has 1 aromatic heterocycles. The molecule has 0 aliphatic rings. The fraction of sp³-hybridized carbons (Fsp3) is 0.0833. The molecular weight excluding hydrogens is 330 g/mol. The quantitative estimate of drug-likeness (QED) is 0.677. The largest absolute Gasteiger partial charge is 0.379 e.